The van der Waals surface area contributed by atoms with Crippen LogP contribution in [0.1, 0.15) is 28.4 Å². The van der Waals surface area contributed by atoms with Crippen molar-refractivity contribution in [1.82, 2.24) is 4.90 Å². The molecule has 1 saturated heterocycles. The van der Waals surface area contributed by atoms with Crippen molar-refractivity contribution in [1.29, 1.82) is 0 Å². The third kappa shape index (κ3) is 3.17. The van der Waals surface area contributed by atoms with Gasteiger partial charge in [-0.1, -0.05) is 17.9 Å². The monoisotopic (exact) mass is 289 g/mol. The van der Waals surface area contributed by atoms with Gasteiger partial charge in [-0.15, -0.1) is 0 Å². The molecule has 1 unspecified atom stereocenters. The SMILES string of the molecule is Cc1c(C#CCO)cccc1C(=O)N1CCSCC1C. The van der Waals surface area contributed by atoms with Gasteiger partial charge in [-0.3, -0.25) is 4.79 Å². The lowest BCUT2D eigenvalue weighted by Crippen LogP contribution is -2.44. The topological polar surface area (TPSA) is 40.5 Å². The molecule has 2 rings (SSSR count). The standard InChI is InChI=1S/C16H19NO2S/c1-12-11-20-10-8-17(12)16(19)15-7-3-5-14(13(15)2)6-4-9-18/h3,5,7,12,18H,8-11H2,1-2H3. The van der Waals surface area contributed by atoms with Gasteiger partial charge in [0.25, 0.3) is 5.91 Å². The summed E-state index contributed by atoms with van der Waals surface area (Å²) < 4.78 is 0. The van der Waals surface area contributed by atoms with E-state index in [1.807, 2.05) is 41.8 Å². The molecule has 0 saturated carbocycles. The first-order valence-corrected chi connectivity index (χ1v) is 7.88. The van der Waals surface area contributed by atoms with Crippen LogP contribution in [0.25, 0.3) is 0 Å². The molecule has 1 fully saturated rings. The Kier molecular flexibility index (Phi) is 5.11. The highest BCUT2D eigenvalue weighted by atomic mass is 32.2. The van der Waals surface area contributed by atoms with Crippen LogP contribution in [0.4, 0.5) is 0 Å². The fraction of sp³-hybridized carbons (Fsp3) is 0.438. The molecule has 1 heterocycles. The lowest BCUT2D eigenvalue weighted by molar-refractivity contribution is 0.0715. The highest BCUT2D eigenvalue weighted by molar-refractivity contribution is 7.99. The first-order valence-electron chi connectivity index (χ1n) is 6.73. The Morgan fingerprint density at radius 2 is 2.35 bits per heavy atom. The molecular weight excluding hydrogens is 270 g/mol. The number of rotatable bonds is 1. The maximum Gasteiger partial charge on any atom is 0.254 e. The van der Waals surface area contributed by atoms with E-state index in [4.69, 9.17) is 5.11 Å². The Hall–Kier alpha value is -1.44. The Bertz CT molecular complexity index is 559. The van der Waals surface area contributed by atoms with Gasteiger partial charge in [-0.05, 0) is 31.5 Å². The van der Waals surface area contributed by atoms with Gasteiger partial charge in [-0.2, -0.15) is 11.8 Å². The molecule has 0 spiro atoms. The molecule has 106 valence electrons. The van der Waals surface area contributed by atoms with Crippen molar-refractivity contribution < 1.29 is 9.90 Å². The molecule has 1 N–H and O–H groups in total. The number of hydrogen-bond acceptors (Lipinski definition) is 3. The van der Waals surface area contributed by atoms with E-state index in [1.165, 1.54) is 0 Å². The first kappa shape index (κ1) is 15.0. The molecule has 0 radical (unpaired) electrons. The van der Waals surface area contributed by atoms with Crippen molar-refractivity contribution >= 4 is 17.7 Å². The van der Waals surface area contributed by atoms with Crippen molar-refractivity contribution in [3.05, 3.63) is 34.9 Å². The largest absolute Gasteiger partial charge is 0.384 e. The van der Waals surface area contributed by atoms with Crippen LogP contribution in [0.5, 0.6) is 0 Å². The summed E-state index contributed by atoms with van der Waals surface area (Å²) in [5.41, 5.74) is 2.42. The van der Waals surface area contributed by atoms with Crippen LogP contribution in [0.3, 0.4) is 0 Å². The Morgan fingerprint density at radius 3 is 3.05 bits per heavy atom. The molecule has 0 aliphatic carbocycles. The zero-order chi connectivity index (χ0) is 14.5. The fourth-order valence-corrected chi connectivity index (χ4v) is 3.33. The minimum atomic E-state index is -0.169. The molecular formula is C16H19NO2S. The van der Waals surface area contributed by atoms with Crippen LogP contribution >= 0.6 is 11.8 Å². The molecule has 0 bridgehead atoms. The number of benzene rings is 1. The van der Waals surface area contributed by atoms with Crippen LogP contribution in [0, 0.1) is 18.8 Å². The first-order chi connectivity index (χ1) is 9.65. The number of hydrogen-bond donors (Lipinski definition) is 1. The molecule has 1 amide bonds. The van der Waals surface area contributed by atoms with Crippen molar-refractivity contribution in [2.75, 3.05) is 24.7 Å². The number of carbonyl (C=O) groups excluding carboxylic acids is 1. The number of nitrogens with zero attached hydrogens (tertiary/aromatic N) is 1. The zero-order valence-corrected chi connectivity index (χ0v) is 12.7. The van der Waals surface area contributed by atoms with Crippen molar-refractivity contribution in [2.45, 2.75) is 19.9 Å². The summed E-state index contributed by atoms with van der Waals surface area (Å²) in [6, 6.07) is 5.86. The van der Waals surface area contributed by atoms with E-state index in [9.17, 15) is 4.79 Å². The van der Waals surface area contributed by atoms with Gasteiger partial charge in [0.2, 0.25) is 0 Å². The smallest absolute Gasteiger partial charge is 0.254 e. The maximum absolute atomic E-state index is 12.7. The number of aliphatic hydroxyl groups excluding tert-OH is 1. The van der Waals surface area contributed by atoms with E-state index in [1.54, 1.807) is 0 Å². The molecule has 3 nitrogen and oxygen atoms in total. The second kappa shape index (κ2) is 6.83. The molecule has 20 heavy (non-hydrogen) atoms. The highest BCUT2D eigenvalue weighted by Gasteiger charge is 2.25. The van der Waals surface area contributed by atoms with Gasteiger partial charge in [0.05, 0.1) is 0 Å². The summed E-state index contributed by atoms with van der Waals surface area (Å²) in [7, 11) is 0. The third-order valence-corrected chi connectivity index (χ3v) is 4.68. The molecule has 0 aromatic heterocycles. The predicted molar refractivity (Wildman–Crippen MR) is 83.0 cm³/mol. The van der Waals surface area contributed by atoms with Gasteiger partial charge in [-0.25, -0.2) is 0 Å². The van der Waals surface area contributed by atoms with Crippen molar-refractivity contribution in [2.24, 2.45) is 0 Å². The minimum Gasteiger partial charge on any atom is -0.384 e. The third-order valence-electron chi connectivity index (χ3n) is 3.49. The average Bonchev–Trinajstić information content (AvgIpc) is 2.46. The van der Waals surface area contributed by atoms with Crippen LogP contribution in [0.2, 0.25) is 0 Å². The summed E-state index contributed by atoms with van der Waals surface area (Å²) in [4.78, 5) is 14.6. The lowest BCUT2D eigenvalue weighted by atomic mass is 10.0. The van der Waals surface area contributed by atoms with E-state index in [0.29, 0.717) is 5.56 Å². The predicted octanol–water partition coefficient (Wildman–Crippen LogP) is 1.92. The van der Waals surface area contributed by atoms with Gasteiger partial charge < -0.3 is 10.0 Å². The Balaban J connectivity index is 2.30. The van der Waals surface area contributed by atoms with E-state index in [2.05, 4.69) is 18.8 Å². The van der Waals surface area contributed by atoms with Gasteiger partial charge in [0, 0.05) is 35.2 Å². The van der Waals surface area contributed by atoms with Crippen LogP contribution < -0.4 is 0 Å². The Morgan fingerprint density at radius 1 is 1.55 bits per heavy atom. The summed E-state index contributed by atoms with van der Waals surface area (Å²) in [5.74, 6) is 7.61. The second-order valence-electron chi connectivity index (χ2n) is 4.86. The van der Waals surface area contributed by atoms with E-state index < -0.39 is 0 Å². The molecule has 1 aromatic carbocycles. The van der Waals surface area contributed by atoms with E-state index in [-0.39, 0.29) is 18.6 Å². The number of thioether (sulfide) groups is 1. The second-order valence-corrected chi connectivity index (χ2v) is 6.01. The number of carbonyl (C=O) groups is 1. The maximum atomic E-state index is 12.7. The number of aliphatic hydroxyl groups is 1. The van der Waals surface area contributed by atoms with Crippen LogP contribution in [-0.4, -0.2) is 46.6 Å². The van der Waals surface area contributed by atoms with Gasteiger partial charge >= 0.3 is 0 Å². The van der Waals surface area contributed by atoms with Crippen LogP contribution in [0.15, 0.2) is 18.2 Å². The molecule has 1 aromatic rings. The summed E-state index contributed by atoms with van der Waals surface area (Å²) in [5, 5.41) is 8.78. The molecule has 1 atom stereocenters. The molecule has 4 heteroatoms. The van der Waals surface area contributed by atoms with E-state index in [0.717, 1.165) is 29.2 Å². The quantitative estimate of drug-likeness (QED) is 0.803. The van der Waals surface area contributed by atoms with Crippen molar-refractivity contribution in [3.63, 3.8) is 0 Å². The fourth-order valence-electron chi connectivity index (χ4n) is 2.32. The molecule has 1 aliphatic heterocycles. The van der Waals surface area contributed by atoms with Crippen LogP contribution in [-0.2, 0) is 0 Å². The lowest BCUT2D eigenvalue weighted by Gasteiger charge is -2.33. The van der Waals surface area contributed by atoms with Gasteiger partial charge in [0.15, 0.2) is 0 Å². The molecule has 1 aliphatic rings. The summed E-state index contributed by atoms with van der Waals surface area (Å²) in [6.45, 7) is 4.64. The zero-order valence-electron chi connectivity index (χ0n) is 11.8. The average molecular weight is 289 g/mol. The van der Waals surface area contributed by atoms with Crippen molar-refractivity contribution in [3.8, 4) is 11.8 Å². The summed E-state index contributed by atoms with van der Waals surface area (Å²) in [6.07, 6.45) is 0. The number of amides is 1. The minimum absolute atomic E-state index is 0.0861. The normalized spacial score (nSPS) is 18.4. The Labute approximate surface area is 124 Å². The highest BCUT2D eigenvalue weighted by Crippen LogP contribution is 2.21. The van der Waals surface area contributed by atoms with Gasteiger partial charge in [0.1, 0.15) is 6.61 Å². The summed E-state index contributed by atoms with van der Waals surface area (Å²) >= 11 is 1.89. The van der Waals surface area contributed by atoms with E-state index >= 15 is 0 Å².